The Morgan fingerprint density at radius 3 is 2.63 bits per heavy atom. The van der Waals surface area contributed by atoms with Gasteiger partial charge in [0.15, 0.2) is 6.23 Å². The molecule has 0 aliphatic carbocycles. The number of para-hydroxylation sites is 1. The van der Waals surface area contributed by atoms with Crippen LogP contribution in [-0.4, -0.2) is 66.8 Å². The topological polar surface area (TPSA) is 248 Å². The van der Waals surface area contributed by atoms with Gasteiger partial charge in [-0.05, 0) is 25.1 Å². The SMILES string of the molecule is C[C@H](NP(=O)(OC[C@H]1O[C@@H](n2ncc(=O)[nH]c2=O)[C@H](O)[C@@H]1O)Oc1ccccc1)C(=O)OCc1ccc([N+](=O)[O-])o1. The molecule has 1 fully saturated rings. The number of aromatic amines is 1. The summed E-state index contributed by atoms with van der Waals surface area (Å²) >= 11 is 0. The summed E-state index contributed by atoms with van der Waals surface area (Å²) in [5, 5.41) is 37.6. The molecule has 1 unspecified atom stereocenters. The molecule has 1 aliphatic rings. The number of ether oxygens (including phenoxy) is 2. The summed E-state index contributed by atoms with van der Waals surface area (Å²) in [6.07, 6.45) is -5.44. The lowest BCUT2D eigenvalue weighted by Gasteiger charge is -2.24. The number of hydrogen-bond acceptors (Lipinski definition) is 14. The van der Waals surface area contributed by atoms with Crippen LogP contribution < -0.4 is 20.9 Å². The van der Waals surface area contributed by atoms with Gasteiger partial charge >= 0.3 is 25.3 Å². The second-order valence-corrected chi connectivity index (χ2v) is 10.3. The summed E-state index contributed by atoms with van der Waals surface area (Å²) in [7, 11) is -4.43. The van der Waals surface area contributed by atoms with E-state index in [2.05, 4.69) is 10.2 Å². The molecule has 1 aromatic carbocycles. The highest BCUT2D eigenvalue weighted by Gasteiger charge is 2.46. The van der Waals surface area contributed by atoms with Gasteiger partial charge in [0.2, 0.25) is 0 Å². The molecule has 0 saturated carbocycles. The Bertz CT molecular complexity index is 1540. The fraction of sp³-hybridized carbons (Fsp3) is 0.364. The zero-order chi connectivity index (χ0) is 29.7. The van der Waals surface area contributed by atoms with E-state index in [4.69, 9.17) is 22.9 Å². The van der Waals surface area contributed by atoms with E-state index in [1.54, 1.807) is 18.2 Å². The zero-order valence-corrected chi connectivity index (χ0v) is 22.0. The van der Waals surface area contributed by atoms with Gasteiger partial charge in [-0.15, -0.1) is 0 Å². The molecule has 6 atom stereocenters. The number of esters is 1. The van der Waals surface area contributed by atoms with Crippen LogP contribution in [0.5, 0.6) is 5.75 Å². The first-order valence-electron chi connectivity index (χ1n) is 11.8. The van der Waals surface area contributed by atoms with Gasteiger partial charge in [-0.2, -0.15) is 14.9 Å². The van der Waals surface area contributed by atoms with Gasteiger partial charge in [0, 0.05) is 0 Å². The molecule has 0 radical (unpaired) electrons. The molecule has 0 amide bonds. The lowest BCUT2D eigenvalue weighted by atomic mass is 10.1. The standard InChI is InChI=1S/C22H24N5O13P/c1-12(21(31)36-10-14-7-8-17(38-14)27(33)34)25-41(35,40-13-5-3-2-4-6-13)37-11-15-18(29)19(30)20(39-15)26-22(32)24-16(28)9-23-26/h2-9,12,15,18-20,29-30H,10-11H2,1H3,(H,25,35)(H,24,28,32)/t12-,15+,18+,19+,20+,41?/m0/s1. The molecule has 0 bridgehead atoms. The molecule has 2 aromatic heterocycles. The molecule has 41 heavy (non-hydrogen) atoms. The molecule has 18 nitrogen and oxygen atoms in total. The Morgan fingerprint density at radius 2 is 1.98 bits per heavy atom. The van der Waals surface area contributed by atoms with Crippen molar-refractivity contribution in [1.29, 1.82) is 0 Å². The Kier molecular flexibility index (Phi) is 9.11. The van der Waals surface area contributed by atoms with E-state index in [0.29, 0.717) is 4.68 Å². The summed E-state index contributed by atoms with van der Waals surface area (Å²) in [6, 6.07) is 8.78. The van der Waals surface area contributed by atoms with Crippen LogP contribution in [0.15, 0.2) is 62.7 Å². The maximum absolute atomic E-state index is 13.7. The minimum atomic E-state index is -4.43. The van der Waals surface area contributed by atoms with Gasteiger partial charge in [0.25, 0.3) is 5.56 Å². The highest BCUT2D eigenvalue weighted by molar-refractivity contribution is 7.52. The Labute approximate surface area is 229 Å². The second-order valence-electron chi connectivity index (χ2n) is 8.58. The number of aromatic nitrogens is 3. The number of furan rings is 1. The largest absolute Gasteiger partial charge is 0.459 e. The average Bonchev–Trinajstić information content (AvgIpc) is 3.52. The van der Waals surface area contributed by atoms with Crippen LogP contribution >= 0.6 is 7.75 Å². The number of carbonyl (C=O) groups is 1. The Morgan fingerprint density at radius 1 is 1.24 bits per heavy atom. The summed E-state index contributed by atoms with van der Waals surface area (Å²) in [6.45, 7) is 0.164. The van der Waals surface area contributed by atoms with Crippen molar-refractivity contribution >= 4 is 19.6 Å². The smallest absolute Gasteiger partial charge is 0.456 e. The molecular weight excluding hydrogens is 573 g/mol. The zero-order valence-electron chi connectivity index (χ0n) is 21.1. The first-order valence-corrected chi connectivity index (χ1v) is 13.4. The van der Waals surface area contributed by atoms with Crippen LogP contribution in [0.3, 0.4) is 0 Å². The van der Waals surface area contributed by atoms with Crippen LogP contribution in [0.2, 0.25) is 0 Å². The number of H-pyrrole nitrogens is 1. The number of nitrogens with one attached hydrogen (secondary N) is 2. The van der Waals surface area contributed by atoms with Gasteiger partial charge in [-0.3, -0.25) is 29.2 Å². The maximum atomic E-state index is 13.7. The number of aliphatic hydroxyl groups is 2. The predicted octanol–water partition coefficient (Wildman–Crippen LogP) is -0.0228. The van der Waals surface area contributed by atoms with E-state index >= 15 is 0 Å². The monoisotopic (exact) mass is 597 g/mol. The normalized spacial score (nSPS) is 22.5. The molecule has 3 heterocycles. The van der Waals surface area contributed by atoms with Crippen molar-refractivity contribution in [2.45, 2.75) is 44.1 Å². The van der Waals surface area contributed by atoms with Crippen LogP contribution in [0.1, 0.15) is 18.9 Å². The van der Waals surface area contributed by atoms with Crippen molar-refractivity contribution in [3.63, 3.8) is 0 Å². The van der Waals surface area contributed by atoms with Crippen molar-refractivity contribution in [2.75, 3.05) is 6.61 Å². The molecular formula is C22H24N5O13P. The van der Waals surface area contributed by atoms with E-state index in [9.17, 15) is 39.3 Å². The number of nitrogens with zero attached hydrogens (tertiary/aromatic N) is 3. The number of hydrogen-bond donors (Lipinski definition) is 4. The van der Waals surface area contributed by atoms with Gasteiger partial charge in [-0.25, -0.2) is 9.36 Å². The number of carbonyl (C=O) groups excluding carboxylic acids is 1. The lowest BCUT2D eigenvalue weighted by molar-refractivity contribution is -0.402. The molecule has 220 valence electrons. The predicted molar refractivity (Wildman–Crippen MR) is 133 cm³/mol. The van der Waals surface area contributed by atoms with E-state index in [0.717, 1.165) is 12.3 Å². The molecule has 4 N–H and O–H groups in total. The van der Waals surface area contributed by atoms with Gasteiger partial charge in [-0.1, -0.05) is 18.2 Å². The second kappa shape index (κ2) is 12.5. The van der Waals surface area contributed by atoms with E-state index < -0.39 is 79.6 Å². The van der Waals surface area contributed by atoms with Crippen molar-refractivity contribution < 1.29 is 47.4 Å². The van der Waals surface area contributed by atoms with E-state index in [1.165, 1.54) is 25.1 Å². The summed E-state index contributed by atoms with van der Waals surface area (Å²) in [5.74, 6) is -1.41. The Balaban J connectivity index is 1.44. The molecule has 3 aromatic rings. The lowest BCUT2D eigenvalue weighted by Crippen LogP contribution is -2.39. The maximum Gasteiger partial charge on any atom is 0.459 e. The molecule has 1 saturated heterocycles. The molecule has 1 aliphatic heterocycles. The molecule has 0 spiro atoms. The highest BCUT2D eigenvalue weighted by Crippen LogP contribution is 2.46. The van der Waals surface area contributed by atoms with Gasteiger partial charge < -0.3 is 28.6 Å². The number of aliphatic hydroxyl groups excluding tert-OH is 2. The first kappa shape index (κ1) is 29.8. The summed E-state index contributed by atoms with van der Waals surface area (Å²) in [5.41, 5.74) is -1.80. The van der Waals surface area contributed by atoms with Crippen molar-refractivity contribution in [3.8, 4) is 5.75 Å². The van der Waals surface area contributed by atoms with Crippen molar-refractivity contribution in [1.82, 2.24) is 19.9 Å². The average molecular weight is 597 g/mol. The van der Waals surface area contributed by atoms with Crippen LogP contribution in [0.4, 0.5) is 5.88 Å². The van der Waals surface area contributed by atoms with Crippen LogP contribution in [0.25, 0.3) is 0 Å². The fourth-order valence-electron chi connectivity index (χ4n) is 3.59. The minimum absolute atomic E-state index is 0.00575. The highest BCUT2D eigenvalue weighted by atomic mass is 31.2. The van der Waals surface area contributed by atoms with Gasteiger partial charge in [0.05, 0.1) is 12.7 Å². The summed E-state index contributed by atoms with van der Waals surface area (Å²) < 4.78 is 40.7. The van der Waals surface area contributed by atoms with E-state index in [1.807, 2.05) is 4.98 Å². The molecule has 19 heteroatoms. The minimum Gasteiger partial charge on any atom is -0.456 e. The van der Waals surface area contributed by atoms with Crippen molar-refractivity contribution in [2.24, 2.45) is 0 Å². The quantitative estimate of drug-likeness (QED) is 0.0927. The third-order valence-corrected chi connectivity index (χ3v) is 7.23. The fourth-order valence-corrected chi connectivity index (χ4v) is 5.10. The first-order chi connectivity index (χ1) is 19.5. The van der Waals surface area contributed by atoms with Gasteiger partial charge in [0.1, 0.15) is 53.6 Å². The molecule has 4 rings (SSSR count). The number of nitro groups is 1. The van der Waals surface area contributed by atoms with Crippen LogP contribution in [-0.2, 0) is 30.0 Å². The van der Waals surface area contributed by atoms with E-state index in [-0.39, 0.29) is 11.5 Å². The summed E-state index contributed by atoms with van der Waals surface area (Å²) in [4.78, 5) is 47.8. The number of rotatable bonds is 12. The van der Waals surface area contributed by atoms with Crippen molar-refractivity contribution in [3.05, 3.63) is 85.4 Å². The number of benzene rings is 1. The third-order valence-electron chi connectivity index (χ3n) is 5.58. The van der Waals surface area contributed by atoms with Crippen LogP contribution in [0, 0.1) is 10.1 Å². The third kappa shape index (κ3) is 7.31. The Hall–Kier alpha value is -4.19.